The van der Waals surface area contributed by atoms with Gasteiger partial charge >= 0.3 is 0 Å². The van der Waals surface area contributed by atoms with Crippen LogP contribution in [0.25, 0.3) is 0 Å². The third kappa shape index (κ3) is 4.41. The summed E-state index contributed by atoms with van der Waals surface area (Å²) in [6.45, 7) is 17.3. The molecule has 0 saturated carbocycles. The number of hydrogen-bond donors (Lipinski definition) is 0. The van der Waals surface area contributed by atoms with Crippen molar-refractivity contribution in [1.82, 2.24) is 4.90 Å². The molecule has 0 radical (unpaired) electrons. The van der Waals surface area contributed by atoms with E-state index in [1.807, 2.05) is 0 Å². The summed E-state index contributed by atoms with van der Waals surface area (Å²) < 4.78 is 13.5. The normalized spacial score (nSPS) is 23.8. The lowest BCUT2D eigenvalue weighted by molar-refractivity contribution is -0.171. The Kier molecular flexibility index (Phi) is 7.49. The van der Waals surface area contributed by atoms with E-state index in [0.29, 0.717) is 16.6 Å². The van der Waals surface area contributed by atoms with Gasteiger partial charge in [0, 0.05) is 6.54 Å². The van der Waals surface area contributed by atoms with Gasteiger partial charge in [-0.05, 0) is 42.6 Å². The molecule has 1 heterocycles. The molecule has 1 fully saturated rings. The molecule has 0 N–H and O–H groups in total. The molecule has 0 unspecified atom stereocenters. The summed E-state index contributed by atoms with van der Waals surface area (Å²) in [4.78, 5) is 2.32. The summed E-state index contributed by atoms with van der Waals surface area (Å²) in [6, 6.07) is 10.6. The van der Waals surface area contributed by atoms with Crippen molar-refractivity contribution in [3.05, 3.63) is 35.9 Å². The number of ether oxygens (including phenoxy) is 1. The van der Waals surface area contributed by atoms with E-state index < -0.39 is 8.32 Å². The second-order valence-electron chi connectivity index (χ2n) is 8.84. The van der Waals surface area contributed by atoms with Gasteiger partial charge < -0.3 is 9.16 Å². The van der Waals surface area contributed by atoms with E-state index in [2.05, 4.69) is 90.7 Å². The Labute approximate surface area is 162 Å². The number of rotatable bonds is 7. The maximum Gasteiger partial charge on any atom is 0.200 e. The number of nitrogens with zero attached hydrogens (tertiary/aromatic N) is 1. The topological polar surface area (TPSA) is 21.7 Å². The first kappa shape index (κ1) is 21.6. The Balaban J connectivity index is 2.19. The summed E-state index contributed by atoms with van der Waals surface area (Å²) >= 11 is 0. The van der Waals surface area contributed by atoms with Gasteiger partial charge in [-0.25, -0.2) is 0 Å². The van der Waals surface area contributed by atoms with Crippen molar-refractivity contribution in [2.75, 3.05) is 13.6 Å². The zero-order valence-electron chi connectivity index (χ0n) is 18.0. The van der Waals surface area contributed by atoms with E-state index in [-0.39, 0.29) is 18.4 Å². The molecule has 1 aliphatic rings. The Morgan fingerprint density at radius 3 is 2.00 bits per heavy atom. The lowest BCUT2D eigenvalue weighted by atomic mass is 10.0. The average molecular weight is 378 g/mol. The van der Waals surface area contributed by atoms with Crippen LogP contribution in [0.15, 0.2) is 30.3 Å². The predicted octanol–water partition coefficient (Wildman–Crippen LogP) is 5.99. The summed E-state index contributed by atoms with van der Waals surface area (Å²) in [5.41, 5.74) is 3.04. The number of likely N-dealkylation sites (N-methyl/N-ethyl adjacent to an activating group) is 1. The summed E-state index contributed by atoms with van der Waals surface area (Å²) in [6.07, 6.45) is 1.28. The van der Waals surface area contributed by atoms with Crippen LogP contribution in [0.1, 0.15) is 66.6 Å². The number of benzene rings is 1. The molecule has 0 amide bonds. The first-order chi connectivity index (χ1) is 12.2. The molecule has 3 atom stereocenters. The second-order valence-corrected chi connectivity index (χ2v) is 14.2. The summed E-state index contributed by atoms with van der Waals surface area (Å²) in [7, 11) is 0.250. The molecule has 148 valence electrons. The smallest absolute Gasteiger partial charge is 0.200 e. The maximum atomic E-state index is 6.99. The van der Waals surface area contributed by atoms with Gasteiger partial charge in [0.2, 0.25) is 8.32 Å². The standard InChI is InChI=1S/C22H39NO2Si/c1-16(2)26(17(3)4,18(5)6)25-19(7)22-23(8)15-14-21(24-22)20-12-10-9-11-13-20/h9-13,16-19,21-22H,14-15H2,1-8H3/t19-,21+,22-/m0/s1. The molecule has 4 heteroatoms. The van der Waals surface area contributed by atoms with Crippen LogP contribution in [0.5, 0.6) is 0 Å². The maximum absolute atomic E-state index is 6.99. The summed E-state index contributed by atoms with van der Waals surface area (Å²) in [5, 5.41) is 0. The fraction of sp³-hybridized carbons (Fsp3) is 0.727. The molecular weight excluding hydrogens is 338 g/mol. The van der Waals surface area contributed by atoms with Gasteiger partial charge in [0.05, 0.1) is 12.2 Å². The van der Waals surface area contributed by atoms with E-state index in [1.54, 1.807) is 0 Å². The Hall–Kier alpha value is -0.683. The van der Waals surface area contributed by atoms with Gasteiger partial charge in [-0.2, -0.15) is 0 Å². The van der Waals surface area contributed by atoms with Gasteiger partial charge in [0.1, 0.15) is 6.23 Å². The number of hydrogen-bond acceptors (Lipinski definition) is 3. The fourth-order valence-electron chi connectivity index (χ4n) is 4.96. The van der Waals surface area contributed by atoms with Crippen molar-refractivity contribution in [2.45, 2.75) is 89.9 Å². The van der Waals surface area contributed by atoms with E-state index in [1.165, 1.54) is 5.56 Å². The van der Waals surface area contributed by atoms with Crippen LogP contribution >= 0.6 is 0 Å². The van der Waals surface area contributed by atoms with Crippen molar-refractivity contribution in [3.63, 3.8) is 0 Å². The molecule has 3 nitrogen and oxygen atoms in total. The highest BCUT2D eigenvalue weighted by molar-refractivity contribution is 6.77. The van der Waals surface area contributed by atoms with Gasteiger partial charge in [-0.3, -0.25) is 4.90 Å². The summed E-state index contributed by atoms with van der Waals surface area (Å²) in [5.74, 6) is 0. The molecule has 0 bridgehead atoms. The third-order valence-electron chi connectivity index (χ3n) is 6.15. The Bertz CT molecular complexity index is 525. The fourth-order valence-corrected chi connectivity index (χ4v) is 10.5. The average Bonchev–Trinajstić information content (AvgIpc) is 2.59. The minimum absolute atomic E-state index is 0.0112. The molecule has 1 aliphatic heterocycles. The van der Waals surface area contributed by atoms with Crippen LogP contribution in [-0.4, -0.2) is 39.1 Å². The van der Waals surface area contributed by atoms with Crippen LogP contribution in [-0.2, 0) is 9.16 Å². The highest BCUT2D eigenvalue weighted by atomic mass is 28.4. The van der Waals surface area contributed by atoms with Crippen LogP contribution in [0.3, 0.4) is 0 Å². The molecule has 0 spiro atoms. The first-order valence-corrected chi connectivity index (χ1v) is 12.4. The molecule has 1 saturated heterocycles. The minimum Gasteiger partial charge on any atom is -0.409 e. The zero-order chi connectivity index (χ0) is 19.5. The van der Waals surface area contributed by atoms with Crippen LogP contribution < -0.4 is 0 Å². The second kappa shape index (κ2) is 9.00. The van der Waals surface area contributed by atoms with E-state index >= 15 is 0 Å². The van der Waals surface area contributed by atoms with Crippen molar-refractivity contribution in [3.8, 4) is 0 Å². The largest absolute Gasteiger partial charge is 0.409 e. The lowest BCUT2D eigenvalue weighted by Gasteiger charge is -2.48. The molecule has 0 aromatic heterocycles. The molecule has 0 aliphatic carbocycles. The third-order valence-corrected chi connectivity index (χ3v) is 12.3. The monoisotopic (exact) mass is 377 g/mol. The minimum atomic E-state index is -1.91. The molecule has 2 rings (SSSR count). The molecule has 1 aromatic carbocycles. The van der Waals surface area contributed by atoms with Crippen LogP contribution in [0.4, 0.5) is 0 Å². The van der Waals surface area contributed by atoms with E-state index in [4.69, 9.17) is 9.16 Å². The van der Waals surface area contributed by atoms with Gasteiger partial charge in [0.15, 0.2) is 0 Å². The predicted molar refractivity (Wildman–Crippen MR) is 113 cm³/mol. The highest BCUT2D eigenvalue weighted by Gasteiger charge is 2.47. The van der Waals surface area contributed by atoms with Gasteiger partial charge in [-0.1, -0.05) is 71.9 Å². The van der Waals surface area contributed by atoms with Crippen molar-refractivity contribution < 1.29 is 9.16 Å². The van der Waals surface area contributed by atoms with Crippen molar-refractivity contribution in [1.29, 1.82) is 0 Å². The lowest BCUT2D eigenvalue weighted by Crippen LogP contribution is -2.56. The van der Waals surface area contributed by atoms with Crippen molar-refractivity contribution in [2.24, 2.45) is 0 Å². The molecular formula is C22H39NO2Si. The van der Waals surface area contributed by atoms with E-state index in [0.717, 1.165) is 13.0 Å². The quantitative estimate of drug-likeness (QED) is 0.545. The molecule has 26 heavy (non-hydrogen) atoms. The van der Waals surface area contributed by atoms with Gasteiger partial charge in [0.25, 0.3) is 0 Å². The van der Waals surface area contributed by atoms with Gasteiger partial charge in [-0.15, -0.1) is 0 Å². The SMILES string of the molecule is CC(C)[Si](O[C@@H](C)[C@@H]1O[C@@H](c2ccccc2)CCN1C)(C(C)C)C(C)C. The molecule has 1 aromatic rings. The Morgan fingerprint density at radius 2 is 1.50 bits per heavy atom. The zero-order valence-corrected chi connectivity index (χ0v) is 19.0. The first-order valence-electron chi connectivity index (χ1n) is 10.3. The Morgan fingerprint density at radius 1 is 0.962 bits per heavy atom. The van der Waals surface area contributed by atoms with Crippen LogP contribution in [0.2, 0.25) is 16.6 Å². The van der Waals surface area contributed by atoms with Crippen LogP contribution in [0, 0.1) is 0 Å². The van der Waals surface area contributed by atoms with Crippen molar-refractivity contribution >= 4 is 8.32 Å². The van der Waals surface area contributed by atoms with E-state index in [9.17, 15) is 0 Å². The highest BCUT2D eigenvalue weighted by Crippen LogP contribution is 2.44.